The summed E-state index contributed by atoms with van der Waals surface area (Å²) in [7, 11) is 0. The first-order valence-electron chi connectivity index (χ1n) is 11.1. The Hall–Kier alpha value is -2.60. The standard InChI is InChI=1S/C29H32/c1-3-5-6-7-23-9-11-24(12-10-23)25-14-16-26(17-15-25)28-19-18-27-20-22(4-2)8-13-29(27)21-28/h3-5,8,13-21,23-24H,2,6-7,9-12H2,1H3/b5-3+. The predicted molar refractivity (Wildman–Crippen MR) is 128 cm³/mol. The van der Waals surface area contributed by atoms with E-state index < -0.39 is 0 Å². The van der Waals surface area contributed by atoms with Crippen LogP contribution in [-0.4, -0.2) is 0 Å². The zero-order valence-corrected chi connectivity index (χ0v) is 17.6. The van der Waals surface area contributed by atoms with Crippen LogP contribution in [-0.2, 0) is 0 Å². The van der Waals surface area contributed by atoms with Gasteiger partial charge in [-0.15, -0.1) is 0 Å². The topological polar surface area (TPSA) is 0 Å². The van der Waals surface area contributed by atoms with E-state index in [4.69, 9.17) is 0 Å². The summed E-state index contributed by atoms with van der Waals surface area (Å²) in [6, 6.07) is 22.6. The van der Waals surface area contributed by atoms with Crippen LogP contribution in [0.4, 0.5) is 0 Å². The molecule has 0 atom stereocenters. The van der Waals surface area contributed by atoms with E-state index in [1.54, 1.807) is 0 Å². The SMILES string of the molecule is C=Cc1ccc2cc(-c3ccc(C4CCC(CC/C=C/C)CC4)cc3)ccc2c1. The third-order valence-electron chi connectivity index (χ3n) is 6.64. The molecule has 0 heterocycles. The molecule has 0 aromatic heterocycles. The van der Waals surface area contributed by atoms with Crippen molar-refractivity contribution in [2.45, 2.75) is 51.4 Å². The van der Waals surface area contributed by atoms with Gasteiger partial charge in [0, 0.05) is 0 Å². The average Bonchev–Trinajstić information content (AvgIpc) is 2.79. The van der Waals surface area contributed by atoms with Crippen molar-refractivity contribution in [3.8, 4) is 11.1 Å². The fraction of sp³-hybridized carbons (Fsp3) is 0.310. The Morgan fingerprint density at radius 3 is 2.24 bits per heavy atom. The van der Waals surface area contributed by atoms with Gasteiger partial charge < -0.3 is 0 Å². The molecule has 0 N–H and O–H groups in total. The van der Waals surface area contributed by atoms with Gasteiger partial charge in [-0.25, -0.2) is 0 Å². The van der Waals surface area contributed by atoms with Crippen LogP contribution in [0.5, 0.6) is 0 Å². The van der Waals surface area contributed by atoms with Crippen molar-refractivity contribution in [3.05, 3.63) is 90.5 Å². The molecular formula is C29H32. The molecule has 29 heavy (non-hydrogen) atoms. The number of hydrogen-bond acceptors (Lipinski definition) is 0. The number of rotatable bonds is 6. The molecule has 0 bridgehead atoms. The molecule has 0 saturated heterocycles. The van der Waals surface area contributed by atoms with Gasteiger partial charge in [-0.2, -0.15) is 0 Å². The van der Waals surface area contributed by atoms with E-state index >= 15 is 0 Å². The van der Waals surface area contributed by atoms with Gasteiger partial charge in [0.2, 0.25) is 0 Å². The highest BCUT2D eigenvalue weighted by atomic mass is 14.3. The van der Waals surface area contributed by atoms with Crippen molar-refractivity contribution < 1.29 is 0 Å². The lowest BCUT2D eigenvalue weighted by atomic mass is 9.77. The Bertz CT molecular complexity index is 982. The monoisotopic (exact) mass is 380 g/mol. The summed E-state index contributed by atoms with van der Waals surface area (Å²) in [6.45, 7) is 5.99. The third kappa shape index (κ3) is 4.70. The molecule has 0 nitrogen and oxygen atoms in total. The number of allylic oxidation sites excluding steroid dienone is 2. The molecule has 0 radical (unpaired) electrons. The Kier molecular flexibility index (Phi) is 6.30. The van der Waals surface area contributed by atoms with E-state index in [1.807, 2.05) is 6.08 Å². The van der Waals surface area contributed by atoms with Crippen LogP contribution in [0.25, 0.3) is 28.0 Å². The van der Waals surface area contributed by atoms with E-state index in [0.717, 1.165) is 11.8 Å². The molecule has 0 unspecified atom stereocenters. The van der Waals surface area contributed by atoms with E-state index in [0.29, 0.717) is 0 Å². The lowest BCUT2D eigenvalue weighted by molar-refractivity contribution is 0.312. The average molecular weight is 381 g/mol. The highest BCUT2D eigenvalue weighted by Gasteiger charge is 2.21. The molecule has 0 heteroatoms. The highest BCUT2D eigenvalue weighted by molar-refractivity contribution is 5.88. The van der Waals surface area contributed by atoms with Crippen LogP contribution in [0.3, 0.4) is 0 Å². The maximum absolute atomic E-state index is 3.87. The molecule has 3 aromatic rings. The van der Waals surface area contributed by atoms with Crippen molar-refractivity contribution >= 4 is 16.8 Å². The van der Waals surface area contributed by atoms with Gasteiger partial charge in [-0.1, -0.05) is 73.3 Å². The summed E-state index contributed by atoms with van der Waals surface area (Å²) in [5, 5.41) is 2.56. The molecule has 4 rings (SSSR count). The fourth-order valence-corrected chi connectivity index (χ4v) is 4.80. The van der Waals surface area contributed by atoms with Crippen LogP contribution in [0.2, 0.25) is 0 Å². The minimum absolute atomic E-state index is 0.746. The van der Waals surface area contributed by atoms with E-state index in [9.17, 15) is 0 Å². The van der Waals surface area contributed by atoms with Crippen molar-refractivity contribution in [2.24, 2.45) is 5.92 Å². The molecule has 0 aliphatic heterocycles. The zero-order valence-electron chi connectivity index (χ0n) is 17.6. The van der Waals surface area contributed by atoms with Gasteiger partial charge in [0.05, 0.1) is 0 Å². The Morgan fingerprint density at radius 1 is 0.828 bits per heavy atom. The van der Waals surface area contributed by atoms with E-state index in [-0.39, 0.29) is 0 Å². The summed E-state index contributed by atoms with van der Waals surface area (Å²) in [5.74, 6) is 1.68. The third-order valence-corrected chi connectivity index (χ3v) is 6.64. The molecule has 1 aliphatic rings. The summed E-state index contributed by atoms with van der Waals surface area (Å²) in [5.41, 5.74) is 5.30. The first-order chi connectivity index (χ1) is 14.3. The van der Waals surface area contributed by atoms with Crippen molar-refractivity contribution in [1.82, 2.24) is 0 Å². The van der Waals surface area contributed by atoms with Crippen LogP contribution in [0.1, 0.15) is 62.5 Å². The van der Waals surface area contributed by atoms with Crippen molar-refractivity contribution in [1.29, 1.82) is 0 Å². The normalized spacial score (nSPS) is 19.6. The predicted octanol–water partition coefficient (Wildman–Crippen LogP) is 8.78. The summed E-state index contributed by atoms with van der Waals surface area (Å²) < 4.78 is 0. The maximum Gasteiger partial charge on any atom is -0.0162 e. The quantitative estimate of drug-likeness (QED) is 0.375. The number of fused-ring (bicyclic) bond motifs is 1. The summed E-state index contributed by atoms with van der Waals surface area (Å²) >= 11 is 0. The Labute approximate surface area is 176 Å². The molecule has 1 saturated carbocycles. The molecule has 3 aromatic carbocycles. The van der Waals surface area contributed by atoms with Crippen LogP contribution >= 0.6 is 0 Å². The minimum Gasteiger partial charge on any atom is -0.0985 e. The lowest BCUT2D eigenvalue weighted by Crippen LogP contribution is -2.13. The second kappa shape index (κ2) is 9.27. The second-order valence-electron chi connectivity index (χ2n) is 8.51. The van der Waals surface area contributed by atoms with Crippen LogP contribution < -0.4 is 0 Å². The molecule has 0 amide bonds. The van der Waals surface area contributed by atoms with E-state index in [1.165, 1.54) is 71.6 Å². The number of benzene rings is 3. The largest absolute Gasteiger partial charge is 0.0985 e. The smallest absolute Gasteiger partial charge is 0.0162 e. The first-order valence-corrected chi connectivity index (χ1v) is 11.1. The fourth-order valence-electron chi connectivity index (χ4n) is 4.80. The summed E-state index contributed by atoms with van der Waals surface area (Å²) in [6.07, 6.45) is 14.5. The van der Waals surface area contributed by atoms with Gasteiger partial charge in [0.25, 0.3) is 0 Å². The minimum atomic E-state index is 0.746. The van der Waals surface area contributed by atoms with Crippen LogP contribution in [0, 0.1) is 5.92 Å². The van der Waals surface area contributed by atoms with Gasteiger partial charge in [0.1, 0.15) is 0 Å². The molecular weight excluding hydrogens is 348 g/mol. The van der Waals surface area contributed by atoms with Crippen LogP contribution in [0.15, 0.2) is 79.4 Å². The Morgan fingerprint density at radius 2 is 1.52 bits per heavy atom. The van der Waals surface area contributed by atoms with E-state index in [2.05, 4.69) is 86.3 Å². The highest BCUT2D eigenvalue weighted by Crippen LogP contribution is 2.38. The molecule has 0 spiro atoms. The van der Waals surface area contributed by atoms with Gasteiger partial charge in [0.15, 0.2) is 0 Å². The maximum atomic E-state index is 3.87. The molecule has 1 fully saturated rings. The first kappa shape index (κ1) is 19.7. The van der Waals surface area contributed by atoms with Gasteiger partial charge in [-0.3, -0.25) is 0 Å². The Balaban J connectivity index is 1.43. The second-order valence-corrected chi connectivity index (χ2v) is 8.51. The molecule has 148 valence electrons. The number of hydrogen-bond donors (Lipinski definition) is 0. The molecule has 1 aliphatic carbocycles. The zero-order chi connectivity index (χ0) is 20.1. The lowest BCUT2D eigenvalue weighted by Gasteiger charge is -2.28. The van der Waals surface area contributed by atoms with Crippen molar-refractivity contribution in [3.63, 3.8) is 0 Å². The van der Waals surface area contributed by atoms with Gasteiger partial charge in [-0.05, 0) is 102 Å². The van der Waals surface area contributed by atoms with Crippen molar-refractivity contribution in [2.75, 3.05) is 0 Å². The summed E-state index contributed by atoms with van der Waals surface area (Å²) in [4.78, 5) is 0. The van der Waals surface area contributed by atoms with Gasteiger partial charge >= 0.3 is 0 Å².